The van der Waals surface area contributed by atoms with Gasteiger partial charge in [0.1, 0.15) is 34.8 Å². The van der Waals surface area contributed by atoms with Gasteiger partial charge in [-0.15, -0.1) is 0 Å². The smallest absolute Gasteiger partial charge is 0.387 e. The fourth-order valence-corrected chi connectivity index (χ4v) is 3.88. The van der Waals surface area contributed by atoms with Gasteiger partial charge < -0.3 is 19.7 Å². The van der Waals surface area contributed by atoms with Crippen molar-refractivity contribution in [3.8, 4) is 23.6 Å². The van der Waals surface area contributed by atoms with Gasteiger partial charge in [0.25, 0.3) is 11.8 Å². The average Bonchev–Trinajstić information content (AvgIpc) is 2.95. The number of piperazine rings is 1. The normalized spacial score (nSPS) is 14.4. The van der Waals surface area contributed by atoms with Crippen molar-refractivity contribution < 1.29 is 36.6 Å². The molecular formula is C28H25F4N5O4. The van der Waals surface area contributed by atoms with Crippen molar-refractivity contribution in [1.29, 1.82) is 10.5 Å². The Kier molecular flexibility index (Phi) is 11.3. The topological polar surface area (TPSA) is 119 Å². The van der Waals surface area contributed by atoms with E-state index in [-0.39, 0.29) is 29.2 Å². The number of nitriles is 2. The third kappa shape index (κ3) is 9.67. The summed E-state index contributed by atoms with van der Waals surface area (Å²) in [4.78, 5) is 28.8. The van der Waals surface area contributed by atoms with Crippen LogP contribution in [0.3, 0.4) is 0 Å². The fraction of sp³-hybridized carbons (Fsp3) is 0.286. The first-order valence-electron chi connectivity index (χ1n) is 12.3. The number of hydrogen-bond donors (Lipinski definition) is 1. The SMILES string of the molecule is N#C/C(=C/c1ccc(OC(F)F)cc1)C(=O)NCCN1CCN(C(=O)/C(C#N)=C/c2ccc(OC(F)F)cc2)CC1. The van der Waals surface area contributed by atoms with E-state index in [1.54, 1.807) is 0 Å². The van der Waals surface area contributed by atoms with Gasteiger partial charge in [-0.25, -0.2) is 0 Å². The quantitative estimate of drug-likeness (QED) is 0.248. The van der Waals surface area contributed by atoms with E-state index in [0.717, 1.165) is 0 Å². The predicted molar refractivity (Wildman–Crippen MR) is 139 cm³/mol. The molecule has 0 aliphatic carbocycles. The minimum Gasteiger partial charge on any atom is -0.435 e. The maximum Gasteiger partial charge on any atom is 0.387 e. The molecule has 1 N–H and O–H groups in total. The molecule has 0 atom stereocenters. The molecule has 1 saturated heterocycles. The molecule has 1 heterocycles. The summed E-state index contributed by atoms with van der Waals surface area (Å²) in [5.41, 5.74) is 0.687. The molecule has 13 heteroatoms. The van der Waals surface area contributed by atoms with E-state index in [2.05, 4.69) is 14.8 Å². The van der Waals surface area contributed by atoms with Crippen molar-refractivity contribution in [3.05, 3.63) is 70.8 Å². The van der Waals surface area contributed by atoms with Crippen molar-refractivity contribution in [2.45, 2.75) is 13.2 Å². The Hall–Kier alpha value is -4.88. The molecule has 0 aromatic heterocycles. The number of carbonyl (C=O) groups is 2. The van der Waals surface area contributed by atoms with Crippen LogP contribution in [0.15, 0.2) is 59.7 Å². The fourth-order valence-electron chi connectivity index (χ4n) is 3.88. The van der Waals surface area contributed by atoms with Crippen LogP contribution in [-0.4, -0.2) is 74.1 Å². The lowest BCUT2D eigenvalue weighted by atomic mass is 10.1. The molecule has 1 fully saturated rings. The maximum absolute atomic E-state index is 12.8. The summed E-state index contributed by atoms with van der Waals surface area (Å²) < 4.78 is 57.7. The van der Waals surface area contributed by atoms with Crippen LogP contribution >= 0.6 is 0 Å². The summed E-state index contributed by atoms with van der Waals surface area (Å²) in [7, 11) is 0. The summed E-state index contributed by atoms with van der Waals surface area (Å²) in [5.74, 6) is -1.13. The van der Waals surface area contributed by atoms with E-state index in [9.17, 15) is 37.7 Å². The van der Waals surface area contributed by atoms with Crippen LogP contribution in [0.2, 0.25) is 0 Å². The van der Waals surface area contributed by atoms with Gasteiger partial charge in [-0.2, -0.15) is 28.1 Å². The molecule has 1 aliphatic rings. The van der Waals surface area contributed by atoms with Crippen LogP contribution in [0.25, 0.3) is 12.2 Å². The minimum atomic E-state index is -2.96. The van der Waals surface area contributed by atoms with E-state index in [4.69, 9.17) is 0 Å². The second-order valence-electron chi connectivity index (χ2n) is 8.62. The van der Waals surface area contributed by atoms with Gasteiger partial charge in [0.2, 0.25) is 0 Å². The molecule has 214 valence electrons. The average molecular weight is 572 g/mol. The summed E-state index contributed by atoms with van der Waals surface area (Å²) in [6.45, 7) is -3.53. The van der Waals surface area contributed by atoms with E-state index >= 15 is 0 Å². The Balaban J connectivity index is 1.46. The number of nitrogens with one attached hydrogen (secondary N) is 1. The monoisotopic (exact) mass is 571 g/mol. The van der Waals surface area contributed by atoms with Crippen LogP contribution in [0.5, 0.6) is 11.5 Å². The van der Waals surface area contributed by atoms with Gasteiger partial charge in [0.05, 0.1) is 0 Å². The van der Waals surface area contributed by atoms with Crippen molar-refractivity contribution >= 4 is 24.0 Å². The van der Waals surface area contributed by atoms with Crippen LogP contribution in [-0.2, 0) is 9.59 Å². The number of benzene rings is 2. The molecule has 1 aliphatic heterocycles. The highest BCUT2D eigenvalue weighted by molar-refractivity contribution is 6.02. The number of carbonyl (C=O) groups excluding carboxylic acids is 2. The van der Waals surface area contributed by atoms with E-state index < -0.39 is 25.0 Å². The Morgan fingerprint density at radius 2 is 1.27 bits per heavy atom. The van der Waals surface area contributed by atoms with Crippen molar-refractivity contribution in [1.82, 2.24) is 15.1 Å². The molecule has 9 nitrogen and oxygen atoms in total. The molecule has 2 aromatic rings. The predicted octanol–water partition coefficient (Wildman–Crippen LogP) is 3.66. The third-order valence-electron chi connectivity index (χ3n) is 5.92. The first-order valence-corrected chi connectivity index (χ1v) is 12.3. The zero-order valence-electron chi connectivity index (χ0n) is 21.6. The highest BCUT2D eigenvalue weighted by Gasteiger charge is 2.24. The van der Waals surface area contributed by atoms with Crippen LogP contribution < -0.4 is 14.8 Å². The molecule has 0 bridgehead atoms. The number of amides is 2. The van der Waals surface area contributed by atoms with Crippen molar-refractivity contribution in [2.75, 3.05) is 39.3 Å². The molecular weight excluding hydrogens is 546 g/mol. The zero-order valence-corrected chi connectivity index (χ0v) is 21.6. The number of nitrogens with zero attached hydrogens (tertiary/aromatic N) is 4. The summed E-state index contributed by atoms with van der Waals surface area (Å²) in [5, 5.41) is 21.5. The molecule has 0 spiro atoms. The molecule has 2 amide bonds. The van der Waals surface area contributed by atoms with Crippen molar-refractivity contribution in [3.63, 3.8) is 0 Å². The number of hydrogen-bond acceptors (Lipinski definition) is 7. The largest absolute Gasteiger partial charge is 0.435 e. The van der Waals surface area contributed by atoms with Gasteiger partial charge >= 0.3 is 13.2 Å². The van der Waals surface area contributed by atoms with E-state index in [1.165, 1.54) is 65.6 Å². The number of rotatable bonds is 11. The highest BCUT2D eigenvalue weighted by atomic mass is 19.3. The molecule has 3 rings (SSSR count). The lowest BCUT2D eigenvalue weighted by molar-refractivity contribution is -0.128. The Bertz CT molecular complexity index is 1340. The number of alkyl halides is 4. The highest BCUT2D eigenvalue weighted by Crippen LogP contribution is 2.18. The lowest BCUT2D eigenvalue weighted by Crippen LogP contribution is -2.50. The molecule has 2 aromatic carbocycles. The number of ether oxygens (including phenoxy) is 2. The first-order chi connectivity index (χ1) is 19.7. The van der Waals surface area contributed by atoms with E-state index in [1.807, 2.05) is 17.0 Å². The van der Waals surface area contributed by atoms with Gasteiger partial charge in [-0.3, -0.25) is 14.5 Å². The minimum absolute atomic E-state index is 0.0379. The van der Waals surface area contributed by atoms with E-state index in [0.29, 0.717) is 43.9 Å². The van der Waals surface area contributed by atoms with Gasteiger partial charge in [0.15, 0.2) is 0 Å². The second-order valence-corrected chi connectivity index (χ2v) is 8.62. The summed E-state index contributed by atoms with van der Waals surface area (Å²) >= 11 is 0. The Labute approximate surface area is 233 Å². The number of halogens is 4. The Morgan fingerprint density at radius 3 is 1.71 bits per heavy atom. The summed E-state index contributed by atoms with van der Waals surface area (Å²) in [6.07, 6.45) is 2.71. The Morgan fingerprint density at radius 1 is 0.805 bits per heavy atom. The molecule has 0 unspecified atom stereocenters. The second kappa shape index (κ2) is 15.1. The van der Waals surface area contributed by atoms with Crippen molar-refractivity contribution in [2.24, 2.45) is 0 Å². The van der Waals surface area contributed by atoms with Crippen LogP contribution in [0, 0.1) is 22.7 Å². The summed E-state index contributed by atoms with van der Waals surface area (Å²) in [6, 6.07) is 14.7. The lowest BCUT2D eigenvalue weighted by Gasteiger charge is -2.34. The van der Waals surface area contributed by atoms with Crippen LogP contribution in [0.4, 0.5) is 17.6 Å². The molecule has 0 saturated carbocycles. The standard InChI is InChI=1S/C28H25F4N5O4/c29-27(30)40-23-5-1-19(2-6-23)15-21(17-33)25(38)35-9-10-36-11-13-37(14-12-36)26(39)22(18-34)16-20-3-7-24(8-4-20)41-28(31)32/h1-8,15-16,27-28H,9-14H2,(H,35,38)/b21-15-,22-16+. The van der Waals surface area contributed by atoms with Crippen LogP contribution in [0.1, 0.15) is 11.1 Å². The maximum atomic E-state index is 12.8. The van der Waals surface area contributed by atoms with Gasteiger partial charge in [-0.1, -0.05) is 24.3 Å². The molecule has 0 radical (unpaired) electrons. The van der Waals surface area contributed by atoms with Gasteiger partial charge in [-0.05, 0) is 47.5 Å². The molecule has 41 heavy (non-hydrogen) atoms. The third-order valence-corrected chi connectivity index (χ3v) is 5.92. The first kappa shape index (κ1) is 30.7. The zero-order chi connectivity index (χ0) is 29.8. The van der Waals surface area contributed by atoms with Gasteiger partial charge in [0, 0.05) is 39.3 Å².